The molecular weight excluding hydrogens is 376 g/mol. The molecule has 0 unspecified atom stereocenters. The topological polar surface area (TPSA) is 79.1 Å². The van der Waals surface area contributed by atoms with E-state index in [1.54, 1.807) is 18.6 Å². The molecule has 1 aliphatic rings. The van der Waals surface area contributed by atoms with Crippen molar-refractivity contribution in [3.05, 3.63) is 49.1 Å². The highest BCUT2D eigenvalue weighted by Gasteiger charge is 2.43. The lowest BCUT2D eigenvalue weighted by Gasteiger charge is -2.53. The van der Waals surface area contributed by atoms with Gasteiger partial charge in [-0.25, -0.2) is 4.98 Å². The molecule has 158 valence electrons. The van der Waals surface area contributed by atoms with E-state index in [0.29, 0.717) is 17.3 Å². The first kappa shape index (κ1) is 20.3. The minimum atomic E-state index is 0.107. The number of aromatic nitrogens is 4. The van der Waals surface area contributed by atoms with Gasteiger partial charge >= 0.3 is 0 Å². The number of anilines is 1. The van der Waals surface area contributed by atoms with Crippen molar-refractivity contribution >= 4 is 5.82 Å². The average molecular weight is 407 g/mol. The second-order valence-electron chi connectivity index (χ2n) is 9.41. The van der Waals surface area contributed by atoms with E-state index < -0.39 is 0 Å². The molecule has 0 spiro atoms. The summed E-state index contributed by atoms with van der Waals surface area (Å²) in [7, 11) is 2.20. The highest BCUT2D eigenvalue weighted by atomic mass is 16.3. The zero-order chi connectivity index (χ0) is 21.5. The van der Waals surface area contributed by atoms with Gasteiger partial charge in [-0.1, -0.05) is 0 Å². The van der Waals surface area contributed by atoms with Gasteiger partial charge in [0, 0.05) is 41.1 Å². The molecule has 0 bridgehead atoms. The molecule has 3 heterocycles. The van der Waals surface area contributed by atoms with Crippen molar-refractivity contribution in [1.82, 2.24) is 24.6 Å². The molecule has 0 amide bonds. The third-order valence-electron chi connectivity index (χ3n) is 6.38. The van der Waals surface area contributed by atoms with Crippen LogP contribution in [0.15, 0.2) is 49.1 Å². The number of phenols is 1. The molecule has 2 N–H and O–H groups in total. The summed E-state index contributed by atoms with van der Waals surface area (Å²) in [6, 6.07) is 9.63. The molecule has 3 aromatic rings. The van der Waals surface area contributed by atoms with E-state index in [4.69, 9.17) is 0 Å². The number of rotatable bonds is 4. The summed E-state index contributed by atoms with van der Waals surface area (Å²) in [5, 5.41) is 22.8. The van der Waals surface area contributed by atoms with Crippen LogP contribution < -0.4 is 5.32 Å². The molecule has 0 aliphatic carbocycles. The van der Waals surface area contributed by atoms with Crippen LogP contribution in [-0.4, -0.2) is 53.9 Å². The van der Waals surface area contributed by atoms with Gasteiger partial charge in [0.2, 0.25) is 0 Å². The highest BCUT2D eigenvalue weighted by molar-refractivity contribution is 5.69. The summed E-state index contributed by atoms with van der Waals surface area (Å²) in [5.41, 5.74) is 2.34. The number of nitrogens with zero attached hydrogens (tertiary/aromatic N) is 5. The lowest BCUT2D eigenvalue weighted by atomic mass is 9.77. The van der Waals surface area contributed by atoms with Gasteiger partial charge in [0.05, 0.1) is 17.7 Å². The van der Waals surface area contributed by atoms with Gasteiger partial charge in [0.1, 0.15) is 11.6 Å². The van der Waals surface area contributed by atoms with Gasteiger partial charge in [0.25, 0.3) is 0 Å². The number of aromatic hydroxyl groups is 1. The lowest BCUT2D eigenvalue weighted by Crippen LogP contribution is -2.61. The Bertz CT molecular complexity index is 993. The molecule has 2 aromatic heterocycles. The van der Waals surface area contributed by atoms with Crippen molar-refractivity contribution in [2.75, 3.05) is 12.4 Å². The van der Waals surface area contributed by atoms with Crippen LogP contribution in [0.5, 0.6) is 5.75 Å². The van der Waals surface area contributed by atoms with Gasteiger partial charge in [-0.15, -0.1) is 10.2 Å². The van der Waals surface area contributed by atoms with E-state index in [1.807, 2.05) is 35.0 Å². The fraction of sp³-hybridized carbons (Fsp3) is 0.435. The Kier molecular flexibility index (Phi) is 5.02. The van der Waals surface area contributed by atoms with Crippen LogP contribution in [0.3, 0.4) is 0 Å². The number of likely N-dealkylation sites (tertiary alicyclic amines) is 1. The molecular formula is C23H30N6O. The Labute approximate surface area is 177 Å². The van der Waals surface area contributed by atoms with Crippen molar-refractivity contribution in [1.29, 1.82) is 0 Å². The van der Waals surface area contributed by atoms with E-state index in [1.165, 1.54) is 0 Å². The molecule has 0 atom stereocenters. The first-order chi connectivity index (χ1) is 14.2. The van der Waals surface area contributed by atoms with Crippen molar-refractivity contribution in [2.45, 2.75) is 57.7 Å². The Balaban J connectivity index is 1.50. The normalized spacial score (nSPS) is 19.0. The number of hydrogen-bond donors (Lipinski definition) is 2. The number of imidazole rings is 1. The van der Waals surface area contributed by atoms with Crippen molar-refractivity contribution in [3.63, 3.8) is 0 Å². The molecule has 4 rings (SSSR count). The van der Waals surface area contributed by atoms with Gasteiger partial charge in [0.15, 0.2) is 0 Å². The zero-order valence-corrected chi connectivity index (χ0v) is 18.3. The summed E-state index contributed by atoms with van der Waals surface area (Å²) in [6.07, 6.45) is 7.30. The minimum Gasteiger partial charge on any atom is -0.507 e. The smallest absolute Gasteiger partial charge is 0.148 e. The predicted octanol–water partition coefficient (Wildman–Crippen LogP) is 4.10. The number of piperidine rings is 1. The maximum absolute atomic E-state index is 10.5. The monoisotopic (exact) mass is 406 g/mol. The summed E-state index contributed by atoms with van der Waals surface area (Å²) < 4.78 is 1.84. The Hall–Kier alpha value is -2.93. The summed E-state index contributed by atoms with van der Waals surface area (Å²) in [5.74, 6) is 0.921. The molecule has 1 aromatic carbocycles. The fourth-order valence-electron chi connectivity index (χ4n) is 4.54. The summed E-state index contributed by atoms with van der Waals surface area (Å²) in [4.78, 5) is 6.50. The van der Waals surface area contributed by atoms with Gasteiger partial charge in [-0.2, -0.15) is 0 Å². The standard InChI is InChI=1S/C23H30N6O/c1-22(2)13-16(14-23(3,4)28(22)5)25-21-9-8-19(26-27-21)18-7-6-17(12-20(18)30)29-11-10-24-15-29/h6-12,15-16,30H,13-14H2,1-5H3,(H,25,27). The van der Waals surface area contributed by atoms with Crippen LogP contribution in [0, 0.1) is 0 Å². The first-order valence-corrected chi connectivity index (χ1v) is 10.3. The average Bonchev–Trinajstić information content (AvgIpc) is 3.21. The zero-order valence-electron chi connectivity index (χ0n) is 18.3. The first-order valence-electron chi connectivity index (χ1n) is 10.3. The fourth-order valence-corrected chi connectivity index (χ4v) is 4.54. The maximum Gasteiger partial charge on any atom is 0.148 e. The third kappa shape index (κ3) is 3.89. The van der Waals surface area contributed by atoms with Crippen molar-refractivity contribution in [3.8, 4) is 22.7 Å². The molecule has 0 saturated carbocycles. The van der Waals surface area contributed by atoms with Crippen LogP contribution >= 0.6 is 0 Å². The highest BCUT2D eigenvalue weighted by Crippen LogP contribution is 2.38. The second kappa shape index (κ2) is 7.40. The molecule has 7 heteroatoms. The van der Waals surface area contributed by atoms with Crippen LogP contribution in [0.1, 0.15) is 40.5 Å². The van der Waals surface area contributed by atoms with Crippen LogP contribution in [0.2, 0.25) is 0 Å². The van der Waals surface area contributed by atoms with E-state index in [2.05, 4.69) is 60.1 Å². The van der Waals surface area contributed by atoms with Crippen molar-refractivity contribution in [2.24, 2.45) is 0 Å². The van der Waals surface area contributed by atoms with Crippen LogP contribution in [-0.2, 0) is 0 Å². The van der Waals surface area contributed by atoms with E-state index >= 15 is 0 Å². The predicted molar refractivity (Wildman–Crippen MR) is 119 cm³/mol. The Morgan fingerprint density at radius 3 is 2.33 bits per heavy atom. The molecule has 7 nitrogen and oxygen atoms in total. The molecule has 30 heavy (non-hydrogen) atoms. The maximum atomic E-state index is 10.5. The quantitative estimate of drug-likeness (QED) is 0.679. The van der Waals surface area contributed by atoms with Gasteiger partial charge in [-0.05, 0) is 71.8 Å². The summed E-state index contributed by atoms with van der Waals surface area (Å²) in [6.45, 7) is 9.14. The molecule has 1 aliphatic heterocycles. The van der Waals surface area contributed by atoms with E-state index in [-0.39, 0.29) is 16.8 Å². The van der Waals surface area contributed by atoms with Crippen molar-refractivity contribution < 1.29 is 5.11 Å². The minimum absolute atomic E-state index is 0.107. The number of phenolic OH excluding ortho intramolecular Hbond substituents is 1. The third-order valence-corrected chi connectivity index (χ3v) is 6.38. The Morgan fingerprint density at radius 1 is 1.03 bits per heavy atom. The number of benzene rings is 1. The molecule has 0 radical (unpaired) electrons. The van der Waals surface area contributed by atoms with Crippen LogP contribution in [0.4, 0.5) is 5.82 Å². The van der Waals surface area contributed by atoms with E-state index in [0.717, 1.165) is 24.3 Å². The van der Waals surface area contributed by atoms with E-state index in [9.17, 15) is 5.11 Å². The molecule has 1 fully saturated rings. The SMILES string of the molecule is CN1C(C)(C)CC(Nc2ccc(-c3ccc(-n4ccnc4)cc3O)nn2)CC1(C)C. The second-order valence-corrected chi connectivity index (χ2v) is 9.41. The van der Waals surface area contributed by atoms with Gasteiger partial charge < -0.3 is 15.0 Å². The number of hydrogen-bond acceptors (Lipinski definition) is 6. The number of nitrogens with one attached hydrogen (secondary N) is 1. The largest absolute Gasteiger partial charge is 0.507 e. The molecule has 1 saturated heterocycles. The summed E-state index contributed by atoms with van der Waals surface area (Å²) >= 11 is 0. The van der Waals surface area contributed by atoms with Crippen LogP contribution in [0.25, 0.3) is 16.9 Å². The Morgan fingerprint density at radius 2 is 1.77 bits per heavy atom. The van der Waals surface area contributed by atoms with Gasteiger partial charge in [-0.3, -0.25) is 4.90 Å². The lowest BCUT2D eigenvalue weighted by molar-refractivity contribution is -0.00773.